The SMILES string of the molecule is CC(C)(C)[S+]([O-])NC(CCC1OCCO1)c1cc(C(CCC2OCCO2)N[S+]([O-])C(C)(C)C)nc(C(CCC2OCCO2)N[S+]([O-])C(C)(C)C)c1. The summed E-state index contributed by atoms with van der Waals surface area (Å²) in [6.07, 6.45) is 2.31. The van der Waals surface area contributed by atoms with E-state index in [4.69, 9.17) is 33.4 Å². The Balaban J connectivity index is 1.80. The summed E-state index contributed by atoms with van der Waals surface area (Å²) in [5.41, 5.74) is 2.19. The smallest absolute Gasteiger partial charge is 0.157 e. The summed E-state index contributed by atoms with van der Waals surface area (Å²) in [5.74, 6) is 0. The topological polar surface area (TPSA) is 174 Å². The minimum atomic E-state index is -1.42. The van der Waals surface area contributed by atoms with Gasteiger partial charge in [-0.25, -0.2) is 0 Å². The molecule has 294 valence electrons. The van der Waals surface area contributed by atoms with Crippen LogP contribution in [0.25, 0.3) is 0 Å². The normalized spacial score (nSPS) is 22.4. The molecule has 16 heteroatoms. The van der Waals surface area contributed by atoms with Crippen molar-refractivity contribution in [2.45, 2.75) is 152 Å². The van der Waals surface area contributed by atoms with Crippen molar-refractivity contribution in [1.82, 2.24) is 19.2 Å². The number of hydrogen-bond acceptors (Lipinski definition) is 13. The number of hydrogen-bond donors (Lipinski definition) is 3. The van der Waals surface area contributed by atoms with Crippen LogP contribution in [0, 0.1) is 0 Å². The largest absolute Gasteiger partial charge is 0.598 e. The monoisotopic (exact) mass is 778 g/mol. The zero-order valence-electron chi connectivity index (χ0n) is 32.0. The minimum Gasteiger partial charge on any atom is -0.598 e. The molecule has 13 nitrogen and oxygen atoms in total. The molecule has 0 aromatic carbocycles. The summed E-state index contributed by atoms with van der Waals surface area (Å²) in [4.78, 5) is 5.23. The van der Waals surface area contributed by atoms with Gasteiger partial charge in [0.25, 0.3) is 0 Å². The van der Waals surface area contributed by atoms with Gasteiger partial charge in [-0.15, -0.1) is 14.2 Å². The molecule has 6 unspecified atom stereocenters. The van der Waals surface area contributed by atoms with Crippen molar-refractivity contribution in [3.8, 4) is 0 Å². The fourth-order valence-corrected chi connectivity index (χ4v) is 8.10. The van der Waals surface area contributed by atoms with E-state index in [-0.39, 0.29) is 24.9 Å². The molecule has 3 N–H and O–H groups in total. The molecule has 0 amide bonds. The van der Waals surface area contributed by atoms with Crippen LogP contribution in [0.1, 0.15) is 136 Å². The lowest BCUT2D eigenvalue weighted by Crippen LogP contribution is -2.43. The summed E-state index contributed by atoms with van der Waals surface area (Å²) in [6, 6.07) is 2.76. The lowest BCUT2D eigenvalue weighted by molar-refractivity contribution is -0.0490. The van der Waals surface area contributed by atoms with Gasteiger partial charge < -0.3 is 42.1 Å². The average Bonchev–Trinajstić information content (AvgIpc) is 3.86. The van der Waals surface area contributed by atoms with E-state index in [1.165, 1.54) is 0 Å². The molecular weight excluding hydrogens is 717 g/mol. The quantitative estimate of drug-likeness (QED) is 0.173. The van der Waals surface area contributed by atoms with E-state index in [2.05, 4.69) is 14.2 Å². The Kier molecular flexibility index (Phi) is 16.6. The van der Waals surface area contributed by atoms with Gasteiger partial charge in [0, 0.05) is 53.3 Å². The van der Waals surface area contributed by atoms with E-state index in [1.54, 1.807) is 0 Å². The zero-order chi connectivity index (χ0) is 37.4. The molecule has 1 aromatic heterocycles. The molecule has 0 radical (unpaired) electrons. The maximum absolute atomic E-state index is 13.7. The van der Waals surface area contributed by atoms with Crippen molar-refractivity contribution in [2.24, 2.45) is 0 Å². The number of rotatable bonds is 18. The molecule has 4 heterocycles. The molecule has 0 saturated carbocycles. The first-order valence-electron chi connectivity index (χ1n) is 18.2. The summed E-state index contributed by atoms with van der Waals surface area (Å²) in [7, 11) is 0. The number of aromatic nitrogens is 1. The summed E-state index contributed by atoms with van der Waals surface area (Å²) in [5, 5.41) is 0. The van der Waals surface area contributed by atoms with Gasteiger partial charge in [-0.05, 0) is 99.3 Å². The third-order valence-electron chi connectivity index (χ3n) is 8.57. The van der Waals surface area contributed by atoms with Crippen LogP contribution in [0.4, 0.5) is 0 Å². The third kappa shape index (κ3) is 14.1. The van der Waals surface area contributed by atoms with Crippen molar-refractivity contribution in [1.29, 1.82) is 0 Å². The second kappa shape index (κ2) is 19.5. The molecule has 6 atom stereocenters. The van der Waals surface area contributed by atoms with E-state index >= 15 is 0 Å². The van der Waals surface area contributed by atoms with E-state index in [1.807, 2.05) is 74.4 Å². The maximum Gasteiger partial charge on any atom is 0.157 e. The lowest BCUT2D eigenvalue weighted by Gasteiger charge is -2.32. The highest BCUT2D eigenvalue weighted by Crippen LogP contribution is 2.34. The van der Waals surface area contributed by atoms with E-state index in [0.29, 0.717) is 89.6 Å². The Morgan fingerprint density at radius 1 is 0.549 bits per heavy atom. The Bertz CT molecular complexity index is 1030. The molecule has 0 aliphatic carbocycles. The van der Waals surface area contributed by atoms with Gasteiger partial charge in [-0.1, -0.05) is 0 Å². The van der Waals surface area contributed by atoms with Gasteiger partial charge in [-0.3, -0.25) is 4.98 Å². The van der Waals surface area contributed by atoms with Gasteiger partial charge >= 0.3 is 0 Å². The number of nitrogens with zero attached hydrogens (tertiary/aromatic N) is 1. The molecule has 1 aromatic rings. The maximum atomic E-state index is 13.7. The summed E-state index contributed by atoms with van der Waals surface area (Å²) >= 11 is -4.25. The molecule has 0 bridgehead atoms. The van der Waals surface area contributed by atoms with Crippen LogP contribution in [-0.2, 0) is 62.5 Å². The van der Waals surface area contributed by atoms with E-state index in [0.717, 1.165) is 5.56 Å². The fourth-order valence-electron chi connectivity index (χ4n) is 5.53. The molecule has 4 rings (SSSR count). The van der Waals surface area contributed by atoms with Crippen LogP contribution in [0.2, 0.25) is 0 Å². The van der Waals surface area contributed by atoms with E-state index < -0.39 is 60.4 Å². The highest BCUT2D eigenvalue weighted by atomic mass is 32.2. The first-order valence-corrected chi connectivity index (χ1v) is 21.6. The first kappa shape index (κ1) is 43.4. The number of nitrogens with one attached hydrogen (secondary N) is 3. The van der Waals surface area contributed by atoms with Gasteiger partial charge in [0.05, 0.1) is 69.2 Å². The second-order valence-electron chi connectivity index (χ2n) is 16.2. The highest BCUT2D eigenvalue weighted by molar-refractivity contribution is 7.91. The minimum absolute atomic E-state index is 0.344. The molecule has 51 heavy (non-hydrogen) atoms. The lowest BCUT2D eigenvalue weighted by atomic mass is 9.96. The highest BCUT2D eigenvalue weighted by Gasteiger charge is 2.36. The van der Waals surface area contributed by atoms with Crippen LogP contribution < -0.4 is 14.2 Å². The zero-order valence-corrected chi connectivity index (χ0v) is 34.4. The Morgan fingerprint density at radius 3 is 1.12 bits per heavy atom. The van der Waals surface area contributed by atoms with Crippen molar-refractivity contribution in [3.63, 3.8) is 0 Å². The van der Waals surface area contributed by atoms with Crippen LogP contribution >= 0.6 is 0 Å². The Hall–Kier alpha value is -0.280. The predicted octanol–water partition coefficient (Wildman–Crippen LogP) is 4.82. The van der Waals surface area contributed by atoms with Crippen molar-refractivity contribution in [2.75, 3.05) is 39.6 Å². The first-order chi connectivity index (χ1) is 23.9. The van der Waals surface area contributed by atoms with Crippen molar-refractivity contribution in [3.05, 3.63) is 29.1 Å². The van der Waals surface area contributed by atoms with Crippen molar-refractivity contribution < 1.29 is 42.1 Å². The van der Waals surface area contributed by atoms with Gasteiger partial charge in [0.2, 0.25) is 0 Å². The Morgan fingerprint density at radius 2 is 0.824 bits per heavy atom. The molecule has 0 spiro atoms. The molecule has 3 fully saturated rings. The molecule has 3 saturated heterocycles. The molecule has 3 aliphatic heterocycles. The Labute approximate surface area is 315 Å². The van der Waals surface area contributed by atoms with Crippen LogP contribution in [0.5, 0.6) is 0 Å². The molecule has 3 aliphatic rings. The number of pyridine rings is 1. The second-order valence-corrected chi connectivity index (χ2v) is 22.1. The predicted molar refractivity (Wildman–Crippen MR) is 200 cm³/mol. The fraction of sp³-hybridized carbons (Fsp3) is 0.857. The summed E-state index contributed by atoms with van der Waals surface area (Å²) < 4.78 is 84.1. The van der Waals surface area contributed by atoms with Gasteiger partial charge in [0.1, 0.15) is 14.2 Å². The average molecular weight is 779 g/mol. The van der Waals surface area contributed by atoms with Gasteiger partial charge in [0.15, 0.2) is 18.9 Å². The standard InChI is InChI=1S/C35H62N4O9S3/c1-33(2,3)49(40)37-25(10-13-30-43-16-17-44-30)24-22-28(26(38-50(41)34(4,5)6)11-14-31-45-18-19-46-31)36-29(23-24)27(39-51(42)35(7,8)9)12-15-32-47-20-21-48-32/h22-23,25-27,30-32,37-39H,10-21H2,1-9H3. The number of ether oxygens (including phenoxy) is 6. The van der Waals surface area contributed by atoms with Crippen LogP contribution in [-0.4, -0.2) is 91.4 Å². The molecular formula is C35H62N4O9S3. The van der Waals surface area contributed by atoms with Crippen LogP contribution in [0.3, 0.4) is 0 Å². The summed E-state index contributed by atoms with van der Waals surface area (Å²) in [6.45, 7) is 20.6. The van der Waals surface area contributed by atoms with E-state index in [9.17, 15) is 13.7 Å². The van der Waals surface area contributed by atoms with Crippen molar-refractivity contribution >= 4 is 34.1 Å². The van der Waals surface area contributed by atoms with Gasteiger partial charge in [-0.2, -0.15) is 0 Å². The third-order valence-corrected chi connectivity index (χ3v) is 13.4. The van der Waals surface area contributed by atoms with Crippen LogP contribution in [0.15, 0.2) is 12.1 Å².